The maximum absolute atomic E-state index is 11.3. The largest absolute Gasteiger partial charge is 0.369 e. The molecule has 1 unspecified atom stereocenters. The molecule has 1 amide bonds. The molecule has 1 aliphatic heterocycles. The van der Waals surface area contributed by atoms with Gasteiger partial charge in [0.25, 0.3) is 0 Å². The van der Waals surface area contributed by atoms with Crippen LogP contribution in [0.15, 0.2) is 79.0 Å². The number of amides is 1. The van der Waals surface area contributed by atoms with Crippen LogP contribution < -0.4 is 5.73 Å². The highest BCUT2D eigenvalue weighted by Gasteiger charge is 2.24. The Balaban J connectivity index is 1.34. The summed E-state index contributed by atoms with van der Waals surface area (Å²) in [5.41, 5.74) is 10.8. The second-order valence-electron chi connectivity index (χ2n) is 7.97. The minimum Gasteiger partial charge on any atom is -0.369 e. The number of aromatic nitrogens is 2. The minimum absolute atomic E-state index is 0.0957. The molecule has 4 aromatic rings. The van der Waals surface area contributed by atoms with Crippen LogP contribution in [0, 0.1) is 0 Å². The van der Waals surface area contributed by atoms with Crippen LogP contribution in [0.4, 0.5) is 0 Å². The third kappa shape index (κ3) is 4.23. The van der Waals surface area contributed by atoms with Crippen LogP contribution in [0.3, 0.4) is 0 Å². The van der Waals surface area contributed by atoms with Gasteiger partial charge in [-0.05, 0) is 42.0 Å². The second kappa shape index (κ2) is 8.86. The number of carbonyl (C=O) groups excluding carboxylic acids is 1. The van der Waals surface area contributed by atoms with Gasteiger partial charge in [-0.25, -0.2) is 0 Å². The van der Waals surface area contributed by atoms with E-state index in [-0.39, 0.29) is 6.10 Å². The zero-order valence-electron chi connectivity index (χ0n) is 17.6. The summed E-state index contributed by atoms with van der Waals surface area (Å²) in [4.78, 5) is 23.1. The van der Waals surface area contributed by atoms with Gasteiger partial charge in [-0.15, -0.1) is 0 Å². The van der Waals surface area contributed by atoms with E-state index in [0.717, 1.165) is 42.1 Å². The number of carbonyl (C=O) groups is 1. The average Bonchev–Trinajstić information content (AvgIpc) is 2.85. The SMILES string of the molecule is NC(=O)c1ccc(-c2cccc(C3CN(Cc4cccc5ncccc45)CCO3)n2)cc1. The van der Waals surface area contributed by atoms with Crippen molar-refractivity contribution in [3.63, 3.8) is 0 Å². The molecule has 2 N–H and O–H groups in total. The molecule has 5 rings (SSSR count). The highest BCUT2D eigenvalue weighted by atomic mass is 16.5. The molecule has 0 aliphatic carbocycles. The van der Waals surface area contributed by atoms with E-state index in [4.69, 9.17) is 15.5 Å². The lowest BCUT2D eigenvalue weighted by molar-refractivity contribution is -0.0348. The molecule has 1 saturated heterocycles. The first kappa shape index (κ1) is 20.3. The lowest BCUT2D eigenvalue weighted by Crippen LogP contribution is -2.38. The third-order valence-electron chi connectivity index (χ3n) is 5.85. The fourth-order valence-corrected chi connectivity index (χ4v) is 4.17. The Kier molecular flexibility index (Phi) is 5.62. The van der Waals surface area contributed by atoms with Crippen molar-refractivity contribution in [1.29, 1.82) is 0 Å². The Labute approximate surface area is 186 Å². The normalized spacial score (nSPS) is 16.8. The highest BCUT2D eigenvalue weighted by molar-refractivity contribution is 5.93. The van der Waals surface area contributed by atoms with Gasteiger partial charge >= 0.3 is 0 Å². The van der Waals surface area contributed by atoms with Crippen molar-refractivity contribution in [3.05, 3.63) is 95.8 Å². The van der Waals surface area contributed by atoms with Crippen LogP contribution >= 0.6 is 0 Å². The van der Waals surface area contributed by atoms with Gasteiger partial charge in [0.15, 0.2) is 0 Å². The maximum atomic E-state index is 11.3. The van der Waals surface area contributed by atoms with E-state index in [0.29, 0.717) is 12.2 Å². The molecule has 2 aromatic carbocycles. The van der Waals surface area contributed by atoms with Gasteiger partial charge in [0, 0.05) is 42.3 Å². The van der Waals surface area contributed by atoms with Gasteiger partial charge in [-0.1, -0.05) is 36.4 Å². The van der Waals surface area contributed by atoms with E-state index in [2.05, 4.69) is 28.1 Å². The Morgan fingerprint density at radius 1 is 1.03 bits per heavy atom. The Bertz CT molecular complexity index is 1250. The van der Waals surface area contributed by atoms with E-state index in [1.807, 2.05) is 48.7 Å². The summed E-state index contributed by atoms with van der Waals surface area (Å²) in [6, 6.07) is 23.6. The molecule has 1 aliphatic rings. The number of pyridine rings is 2. The standard InChI is InChI=1S/C26H24N4O2/c27-26(31)19-11-9-18(10-12-19)22-6-2-8-24(29-22)25-17-30(14-15-32-25)16-20-4-1-7-23-21(20)5-3-13-28-23/h1-13,25H,14-17H2,(H2,27,31). The van der Waals surface area contributed by atoms with E-state index >= 15 is 0 Å². The first-order chi connectivity index (χ1) is 15.7. The lowest BCUT2D eigenvalue weighted by atomic mass is 10.1. The van der Waals surface area contributed by atoms with E-state index in [1.54, 1.807) is 12.1 Å². The predicted octanol–water partition coefficient (Wildman–Crippen LogP) is 3.97. The summed E-state index contributed by atoms with van der Waals surface area (Å²) in [5, 5.41) is 1.19. The van der Waals surface area contributed by atoms with Crippen molar-refractivity contribution in [2.24, 2.45) is 5.73 Å². The van der Waals surface area contributed by atoms with Crippen LogP contribution in [-0.2, 0) is 11.3 Å². The zero-order chi connectivity index (χ0) is 21.9. The van der Waals surface area contributed by atoms with Gasteiger partial charge in [-0.3, -0.25) is 19.7 Å². The topological polar surface area (TPSA) is 81.3 Å². The first-order valence-electron chi connectivity index (χ1n) is 10.7. The van der Waals surface area contributed by atoms with Crippen LogP contribution in [0.2, 0.25) is 0 Å². The first-order valence-corrected chi connectivity index (χ1v) is 10.7. The molecular formula is C26H24N4O2. The monoisotopic (exact) mass is 424 g/mol. The summed E-state index contributed by atoms with van der Waals surface area (Å²) in [7, 11) is 0. The van der Waals surface area contributed by atoms with Gasteiger partial charge in [-0.2, -0.15) is 0 Å². The van der Waals surface area contributed by atoms with Crippen LogP contribution in [0.1, 0.15) is 27.7 Å². The summed E-state index contributed by atoms with van der Waals surface area (Å²) in [5.74, 6) is -0.434. The van der Waals surface area contributed by atoms with Gasteiger partial charge in [0.05, 0.1) is 23.5 Å². The Hall–Kier alpha value is -3.61. The van der Waals surface area contributed by atoms with Crippen LogP contribution in [0.25, 0.3) is 22.2 Å². The molecule has 32 heavy (non-hydrogen) atoms. The minimum atomic E-state index is -0.434. The quantitative estimate of drug-likeness (QED) is 0.524. The molecule has 0 spiro atoms. The molecule has 1 atom stereocenters. The molecule has 0 bridgehead atoms. The molecule has 160 valence electrons. The van der Waals surface area contributed by atoms with Crippen molar-refractivity contribution in [2.75, 3.05) is 19.7 Å². The number of fused-ring (bicyclic) bond motifs is 1. The zero-order valence-corrected chi connectivity index (χ0v) is 17.6. The second-order valence-corrected chi connectivity index (χ2v) is 7.97. The predicted molar refractivity (Wildman–Crippen MR) is 124 cm³/mol. The number of primary amides is 1. The van der Waals surface area contributed by atoms with Gasteiger partial charge < -0.3 is 10.5 Å². The third-order valence-corrected chi connectivity index (χ3v) is 5.85. The molecule has 1 fully saturated rings. The molecule has 0 saturated carbocycles. The number of rotatable bonds is 5. The van der Waals surface area contributed by atoms with Gasteiger partial charge in [0.1, 0.15) is 6.10 Å². The molecule has 6 nitrogen and oxygen atoms in total. The number of ether oxygens (including phenoxy) is 1. The maximum Gasteiger partial charge on any atom is 0.248 e. The van der Waals surface area contributed by atoms with E-state index in [1.165, 1.54) is 10.9 Å². The summed E-state index contributed by atoms with van der Waals surface area (Å²) in [6.07, 6.45) is 1.73. The molecule has 3 heterocycles. The number of hydrogen-bond donors (Lipinski definition) is 1. The van der Waals surface area contributed by atoms with Crippen LogP contribution in [0.5, 0.6) is 0 Å². The van der Waals surface area contributed by atoms with Crippen LogP contribution in [-0.4, -0.2) is 40.5 Å². The summed E-state index contributed by atoms with van der Waals surface area (Å²) in [6.45, 7) is 3.15. The number of nitrogens with zero attached hydrogens (tertiary/aromatic N) is 3. The highest BCUT2D eigenvalue weighted by Crippen LogP contribution is 2.26. The number of benzene rings is 2. The smallest absolute Gasteiger partial charge is 0.248 e. The fourth-order valence-electron chi connectivity index (χ4n) is 4.17. The molecule has 2 aromatic heterocycles. The molecule has 0 radical (unpaired) electrons. The molecular weight excluding hydrogens is 400 g/mol. The van der Waals surface area contributed by atoms with Crippen molar-refractivity contribution in [1.82, 2.24) is 14.9 Å². The van der Waals surface area contributed by atoms with E-state index in [9.17, 15) is 4.79 Å². The van der Waals surface area contributed by atoms with Gasteiger partial charge in [0.2, 0.25) is 5.91 Å². The summed E-state index contributed by atoms with van der Waals surface area (Å²) < 4.78 is 6.08. The lowest BCUT2D eigenvalue weighted by Gasteiger charge is -2.33. The number of nitrogens with two attached hydrogens (primary N) is 1. The number of hydrogen-bond acceptors (Lipinski definition) is 5. The van der Waals surface area contributed by atoms with Crippen molar-refractivity contribution in [3.8, 4) is 11.3 Å². The van der Waals surface area contributed by atoms with Crippen molar-refractivity contribution >= 4 is 16.8 Å². The number of morpholine rings is 1. The Morgan fingerprint density at radius 2 is 1.88 bits per heavy atom. The molecule has 6 heteroatoms. The summed E-state index contributed by atoms with van der Waals surface area (Å²) >= 11 is 0. The fraction of sp³-hybridized carbons (Fsp3) is 0.192. The van der Waals surface area contributed by atoms with Crippen molar-refractivity contribution < 1.29 is 9.53 Å². The Morgan fingerprint density at radius 3 is 2.72 bits per heavy atom. The van der Waals surface area contributed by atoms with Crippen molar-refractivity contribution in [2.45, 2.75) is 12.6 Å². The van der Waals surface area contributed by atoms with E-state index < -0.39 is 5.91 Å². The average molecular weight is 425 g/mol.